The van der Waals surface area contributed by atoms with Crippen LogP contribution in [0, 0.1) is 0 Å². The molecule has 2 aromatic rings. The van der Waals surface area contributed by atoms with Gasteiger partial charge in [-0.3, -0.25) is 4.79 Å². The number of aryl methyl sites for hydroxylation is 1. The molecule has 0 fully saturated rings. The number of carbonyl (C=O) groups excluding carboxylic acids is 1. The number of nitrogens with two attached hydrogens (primary N) is 1. The molecule has 128 valence electrons. The van der Waals surface area contributed by atoms with Gasteiger partial charge in [-0.05, 0) is 31.0 Å². The van der Waals surface area contributed by atoms with Gasteiger partial charge in [-0.15, -0.1) is 11.3 Å². The van der Waals surface area contributed by atoms with Crippen molar-refractivity contribution >= 4 is 23.2 Å². The highest BCUT2D eigenvalue weighted by molar-refractivity contribution is 7.11. The number of nitrogens with one attached hydrogen (secondary N) is 2. The summed E-state index contributed by atoms with van der Waals surface area (Å²) >= 11 is 1.71. The van der Waals surface area contributed by atoms with Gasteiger partial charge in [0.05, 0.1) is 13.1 Å². The van der Waals surface area contributed by atoms with Crippen LogP contribution in [0.5, 0.6) is 0 Å². The summed E-state index contributed by atoms with van der Waals surface area (Å²) in [7, 11) is 0. The fourth-order valence-electron chi connectivity index (χ4n) is 2.04. The van der Waals surface area contributed by atoms with Crippen LogP contribution in [0.4, 0.5) is 0 Å². The second kappa shape index (κ2) is 9.02. The molecular formula is C17H23N5OS. The third-order valence-electron chi connectivity index (χ3n) is 3.36. The maximum atomic E-state index is 11.1. The van der Waals surface area contributed by atoms with Gasteiger partial charge >= 0.3 is 0 Å². The molecular weight excluding hydrogens is 322 g/mol. The van der Waals surface area contributed by atoms with Gasteiger partial charge in [-0.2, -0.15) is 0 Å². The number of aliphatic imine (C=N–C) groups is 1. The molecule has 7 heteroatoms. The van der Waals surface area contributed by atoms with Gasteiger partial charge in [0.1, 0.15) is 5.01 Å². The Morgan fingerprint density at radius 3 is 2.58 bits per heavy atom. The zero-order valence-electron chi connectivity index (χ0n) is 14.0. The molecule has 0 aliphatic heterocycles. The quantitative estimate of drug-likeness (QED) is 0.529. The standard InChI is InChI=1S/C17H23N5OS/c1-3-14-10-20-15(24-14)11-22-17(19-4-2)21-9-12-5-7-13(8-6-12)16(18)23/h5-8,10H,3-4,9,11H2,1-2H3,(H2,18,23)(H2,19,21,22). The molecule has 1 amide bonds. The van der Waals surface area contributed by atoms with Crippen LogP contribution in [0.15, 0.2) is 35.5 Å². The monoisotopic (exact) mass is 345 g/mol. The van der Waals surface area contributed by atoms with Gasteiger partial charge in [0.25, 0.3) is 0 Å². The number of benzene rings is 1. The Bertz CT molecular complexity index is 693. The van der Waals surface area contributed by atoms with E-state index in [0.29, 0.717) is 18.7 Å². The predicted molar refractivity (Wildman–Crippen MR) is 98.1 cm³/mol. The lowest BCUT2D eigenvalue weighted by atomic mass is 10.1. The molecule has 0 spiro atoms. The van der Waals surface area contributed by atoms with Gasteiger partial charge in [0, 0.05) is 23.2 Å². The van der Waals surface area contributed by atoms with Crippen molar-refractivity contribution in [1.29, 1.82) is 0 Å². The van der Waals surface area contributed by atoms with Crippen molar-refractivity contribution < 1.29 is 4.79 Å². The van der Waals surface area contributed by atoms with E-state index in [1.165, 1.54) is 4.88 Å². The zero-order chi connectivity index (χ0) is 17.4. The van der Waals surface area contributed by atoms with Gasteiger partial charge in [-0.1, -0.05) is 19.1 Å². The normalized spacial score (nSPS) is 11.3. The summed E-state index contributed by atoms with van der Waals surface area (Å²) < 4.78 is 0. The van der Waals surface area contributed by atoms with Gasteiger partial charge < -0.3 is 16.4 Å². The van der Waals surface area contributed by atoms with Crippen molar-refractivity contribution in [3.8, 4) is 0 Å². The molecule has 24 heavy (non-hydrogen) atoms. The predicted octanol–water partition coefficient (Wildman–Crippen LogP) is 2.06. The van der Waals surface area contributed by atoms with Gasteiger partial charge in [0.2, 0.25) is 5.91 Å². The summed E-state index contributed by atoms with van der Waals surface area (Å²) in [5.41, 5.74) is 6.76. The molecule has 6 nitrogen and oxygen atoms in total. The van der Waals surface area contributed by atoms with Gasteiger partial charge in [0.15, 0.2) is 5.96 Å². The molecule has 4 N–H and O–H groups in total. The molecule has 0 bridgehead atoms. The van der Waals surface area contributed by atoms with Crippen molar-refractivity contribution in [3.63, 3.8) is 0 Å². The second-order valence-electron chi connectivity index (χ2n) is 5.18. The van der Waals surface area contributed by atoms with E-state index in [4.69, 9.17) is 5.73 Å². The van der Waals surface area contributed by atoms with Gasteiger partial charge in [-0.25, -0.2) is 9.98 Å². The molecule has 0 aliphatic rings. The number of primary amides is 1. The minimum Gasteiger partial charge on any atom is -0.366 e. The number of nitrogens with zero attached hydrogens (tertiary/aromatic N) is 2. The molecule has 0 saturated carbocycles. The van der Waals surface area contributed by atoms with Crippen LogP contribution in [-0.2, 0) is 19.5 Å². The second-order valence-corrected chi connectivity index (χ2v) is 6.38. The summed E-state index contributed by atoms with van der Waals surface area (Å²) in [6.07, 6.45) is 2.93. The molecule has 2 rings (SSSR count). The van der Waals surface area contributed by atoms with Crippen LogP contribution in [0.3, 0.4) is 0 Å². The van der Waals surface area contributed by atoms with Crippen LogP contribution in [-0.4, -0.2) is 23.4 Å². The first-order valence-corrected chi connectivity index (χ1v) is 8.78. The highest BCUT2D eigenvalue weighted by Gasteiger charge is 2.03. The van der Waals surface area contributed by atoms with E-state index < -0.39 is 5.91 Å². The first-order chi connectivity index (χ1) is 11.6. The first-order valence-electron chi connectivity index (χ1n) is 7.96. The molecule has 0 saturated heterocycles. The number of hydrogen-bond acceptors (Lipinski definition) is 4. The van der Waals surface area contributed by atoms with Crippen LogP contribution in [0.1, 0.15) is 39.7 Å². The summed E-state index contributed by atoms with van der Waals surface area (Å²) in [4.78, 5) is 21.3. The lowest BCUT2D eigenvalue weighted by molar-refractivity contribution is 0.100. The minimum absolute atomic E-state index is 0.421. The van der Waals surface area contributed by atoms with Crippen LogP contribution in [0.25, 0.3) is 0 Å². The average Bonchev–Trinajstić information content (AvgIpc) is 3.06. The third kappa shape index (κ3) is 5.34. The molecule has 0 aliphatic carbocycles. The van der Waals surface area contributed by atoms with E-state index in [1.807, 2.05) is 25.3 Å². The van der Waals surface area contributed by atoms with E-state index in [1.54, 1.807) is 23.5 Å². The highest BCUT2D eigenvalue weighted by atomic mass is 32.1. The Balaban J connectivity index is 1.95. The molecule has 0 radical (unpaired) electrons. The van der Waals surface area contributed by atoms with E-state index in [2.05, 4.69) is 27.5 Å². The molecule has 0 unspecified atom stereocenters. The van der Waals surface area contributed by atoms with Crippen LogP contribution >= 0.6 is 11.3 Å². The highest BCUT2D eigenvalue weighted by Crippen LogP contribution is 2.12. The lowest BCUT2D eigenvalue weighted by Crippen LogP contribution is -2.36. The topological polar surface area (TPSA) is 92.4 Å². The Morgan fingerprint density at radius 2 is 2.00 bits per heavy atom. The van der Waals surface area contributed by atoms with Crippen molar-refractivity contribution in [1.82, 2.24) is 15.6 Å². The fourth-order valence-corrected chi connectivity index (χ4v) is 2.84. The smallest absolute Gasteiger partial charge is 0.248 e. The largest absolute Gasteiger partial charge is 0.366 e. The third-order valence-corrected chi connectivity index (χ3v) is 4.50. The average molecular weight is 345 g/mol. The Kier molecular flexibility index (Phi) is 6.74. The van der Waals surface area contributed by atoms with E-state index in [9.17, 15) is 4.79 Å². The van der Waals surface area contributed by atoms with Crippen molar-refractivity contribution in [3.05, 3.63) is 51.5 Å². The summed E-state index contributed by atoms with van der Waals surface area (Å²) in [5, 5.41) is 7.55. The van der Waals surface area contributed by atoms with E-state index >= 15 is 0 Å². The SMILES string of the molecule is CCNC(=NCc1ccc(C(N)=O)cc1)NCc1ncc(CC)s1. The lowest BCUT2D eigenvalue weighted by Gasteiger charge is -2.10. The maximum Gasteiger partial charge on any atom is 0.248 e. The summed E-state index contributed by atoms with van der Waals surface area (Å²) in [5.74, 6) is 0.319. The van der Waals surface area contributed by atoms with E-state index in [0.717, 1.165) is 29.5 Å². The zero-order valence-corrected chi connectivity index (χ0v) is 14.8. The number of aromatic nitrogens is 1. The van der Waals surface area contributed by atoms with E-state index in [-0.39, 0.29) is 0 Å². The first kappa shape index (κ1) is 17.9. The molecule has 0 atom stereocenters. The number of thiazole rings is 1. The van der Waals surface area contributed by atoms with Crippen molar-refractivity contribution in [2.24, 2.45) is 10.7 Å². The number of carbonyl (C=O) groups is 1. The molecule has 1 aromatic heterocycles. The van der Waals surface area contributed by atoms with Crippen molar-refractivity contribution in [2.45, 2.75) is 33.4 Å². The Labute approximate surface area is 146 Å². The number of rotatable bonds is 7. The Hall–Kier alpha value is -2.41. The molecule has 1 aromatic carbocycles. The number of guanidine groups is 1. The summed E-state index contributed by atoms with van der Waals surface area (Å²) in [6.45, 7) is 6.10. The minimum atomic E-state index is -0.421. The van der Waals surface area contributed by atoms with Crippen molar-refractivity contribution in [2.75, 3.05) is 6.54 Å². The molecule has 1 heterocycles. The number of hydrogen-bond donors (Lipinski definition) is 3. The maximum absolute atomic E-state index is 11.1. The Morgan fingerprint density at radius 1 is 1.25 bits per heavy atom. The van der Waals surface area contributed by atoms with Crippen LogP contribution < -0.4 is 16.4 Å². The fraction of sp³-hybridized carbons (Fsp3) is 0.353. The van der Waals surface area contributed by atoms with Crippen LogP contribution in [0.2, 0.25) is 0 Å². The summed E-state index contributed by atoms with van der Waals surface area (Å²) in [6, 6.07) is 7.16. The number of amides is 1.